The molecule has 2 atom stereocenters. The first-order valence-electron chi connectivity index (χ1n) is 8.77. The zero-order valence-corrected chi connectivity index (χ0v) is 14.0. The Labute approximate surface area is 141 Å². The molecule has 3 aliphatic rings. The molecular formula is C17H23N5O2. The molecule has 24 heavy (non-hydrogen) atoms. The largest absolute Gasteiger partial charge is 0.377 e. The Balaban J connectivity index is 1.53. The molecule has 7 nitrogen and oxygen atoms in total. The molecule has 7 heteroatoms. The summed E-state index contributed by atoms with van der Waals surface area (Å²) >= 11 is 0. The lowest BCUT2D eigenvalue weighted by molar-refractivity contribution is -0.142. The molecule has 2 heterocycles. The summed E-state index contributed by atoms with van der Waals surface area (Å²) in [5.74, 6) is 2.77. The number of ether oxygens (including phenoxy) is 1. The minimum absolute atomic E-state index is 0.0250. The van der Waals surface area contributed by atoms with Crippen molar-refractivity contribution < 1.29 is 9.53 Å². The van der Waals surface area contributed by atoms with Crippen molar-refractivity contribution in [2.75, 3.05) is 20.2 Å². The third kappa shape index (κ3) is 2.49. The standard InChI is InChI=1S/C17H23N5O2/c1-24-9-14-19-15(21-20-14)13-8-22(7-12(13)11-3-4-11)16(23)17(10-18)5-2-6-17/h11-13H,2-9H2,1H3,(H,19,20,21)/t12-,13+/m1/s1. The lowest BCUT2D eigenvalue weighted by atomic mass is 9.69. The number of hydrogen-bond acceptors (Lipinski definition) is 5. The number of nitrogens with zero attached hydrogens (tertiary/aromatic N) is 4. The van der Waals surface area contributed by atoms with Gasteiger partial charge < -0.3 is 9.64 Å². The van der Waals surface area contributed by atoms with Gasteiger partial charge in [0.25, 0.3) is 0 Å². The average molecular weight is 329 g/mol. The van der Waals surface area contributed by atoms with E-state index in [0.717, 1.165) is 24.6 Å². The fourth-order valence-electron chi connectivity index (χ4n) is 4.15. The van der Waals surface area contributed by atoms with Crippen LogP contribution in [0.2, 0.25) is 0 Å². The molecule has 2 saturated carbocycles. The van der Waals surface area contributed by atoms with E-state index in [9.17, 15) is 10.1 Å². The fraction of sp³-hybridized carbons (Fsp3) is 0.765. The highest BCUT2D eigenvalue weighted by Crippen LogP contribution is 2.49. The van der Waals surface area contributed by atoms with Crippen LogP contribution in [0, 0.1) is 28.6 Å². The number of rotatable bonds is 5. The number of aromatic amines is 1. The van der Waals surface area contributed by atoms with Crippen molar-refractivity contribution in [3.05, 3.63) is 11.6 Å². The Morgan fingerprint density at radius 2 is 2.25 bits per heavy atom. The maximum absolute atomic E-state index is 12.9. The van der Waals surface area contributed by atoms with Crippen LogP contribution in [0.15, 0.2) is 0 Å². The Hall–Kier alpha value is -1.94. The van der Waals surface area contributed by atoms with Gasteiger partial charge in [-0.1, -0.05) is 0 Å². The van der Waals surface area contributed by atoms with Gasteiger partial charge in [0.15, 0.2) is 11.6 Å². The Morgan fingerprint density at radius 3 is 2.83 bits per heavy atom. The molecule has 128 valence electrons. The first-order valence-corrected chi connectivity index (χ1v) is 8.77. The second-order valence-electron chi connectivity index (χ2n) is 7.44. The number of likely N-dealkylation sites (tertiary alicyclic amines) is 1. The van der Waals surface area contributed by atoms with Crippen LogP contribution < -0.4 is 0 Å². The van der Waals surface area contributed by atoms with Crippen LogP contribution in [-0.4, -0.2) is 46.2 Å². The normalized spacial score (nSPS) is 28.4. The molecule has 0 spiro atoms. The summed E-state index contributed by atoms with van der Waals surface area (Å²) in [4.78, 5) is 19.4. The van der Waals surface area contributed by atoms with Gasteiger partial charge >= 0.3 is 0 Å². The summed E-state index contributed by atoms with van der Waals surface area (Å²) in [6.45, 7) is 1.79. The highest BCUT2D eigenvalue weighted by Gasteiger charge is 2.52. The summed E-state index contributed by atoms with van der Waals surface area (Å²) in [5, 5.41) is 16.8. The van der Waals surface area contributed by atoms with Gasteiger partial charge in [0.1, 0.15) is 12.0 Å². The molecule has 0 unspecified atom stereocenters. The topological polar surface area (TPSA) is 94.9 Å². The predicted octanol–water partition coefficient (Wildman–Crippen LogP) is 1.60. The fourth-order valence-corrected chi connectivity index (χ4v) is 4.15. The zero-order chi connectivity index (χ0) is 16.7. The maximum atomic E-state index is 12.9. The molecule has 1 amide bonds. The predicted molar refractivity (Wildman–Crippen MR) is 84.5 cm³/mol. The molecule has 0 bridgehead atoms. The van der Waals surface area contributed by atoms with Gasteiger partial charge in [-0.25, -0.2) is 4.98 Å². The van der Waals surface area contributed by atoms with Crippen molar-refractivity contribution in [2.45, 2.75) is 44.6 Å². The van der Waals surface area contributed by atoms with Gasteiger partial charge in [-0.15, -0.1) is 0 Å². The van der Waals surface area contributed by atoms with Crippen LogP contribution in [0.25, 0.3) is 0 Å². The van der Waals surface area contributed by atoms with E-state index >= 15 is 0 Å². The van der Waals surface area contributed by atoms with E-state index in [1.807, 2.05) is 4.90 Å². The minimum atomic E-state index is -0.761. The molecule has 1 aliphatic heterocycles. The van der Waals surface area contributed by atoms with Gasteiger partial charge in [0, 0.05) is 26.1 Å². The van der Waals surface area contributed by atoms with Crippen LogP contribution in [0.4, 0.5) is 0 Å². The number of carbonyl (C=O) groups excluding carboxylic acids is 1. The van der Waals surface area contributed by atoms with Crippen molar-refractivity contribution in [3.63, 3.8) is 0 Å². The van der Waals surface area contributed by atoms with E-state index in [-0.39, 0.29) is 11.8 Å². The number of H-pyrrole nitrogens is 1. The highest BCUT2D eigenvalue weighted by molar-refractivity contribution is 5.86. The van der Waals surface area contributed by atoms with E-state index in [1.165, 1.54) is 12.8 Å². The molecule has 2 aliphatic carbocycles. The summed E-state index contributed by atoms with van der Waals surface area (Å²) in [7, 11) is 1.63. The van der Waals surface area contributed by atoms with Crippen LogP contribution in [0.5, 0.6) is 0 Å². The lowest BCUT2D eigenvalue weighted by Gasteiger charge is -2.36. The van der Waals surface area contributed by atoms with Crippen molar-refractivity contribution >= 4 is 5.91 Å². The number of methoxy groups -OCH3 is 1. The highest BCUT2D eigenvalue weighted by atomic mass is 16.5. The molecule has 1 N–H and O–H groups in total. The van der Waals surface area contributed by atoms with Gasteiger partial charge in [0.2, 0.25) is 5.91 Å². The Bertz CT molecular complexity index is 671. The van der Waals surface area contributed by atoms with E-state index in [1.54, 1.807) is 7.11 Å². The van der Waals surface area contributed by atoms with Crippen LogP contribution in [0.3, 0.4) is 0 Å². The van der Waals surface area contributed by atoms with E-state index < -0.39 is 5.41 Å². The minimum Gasteiger partial charge on any atom is -0.377 e. The zero-order valence-electron chi connectivity index (χ0n) is 14.0. The lowest BCUT2D eigenvalue weighted by Crippen LogP contribution is -2.46. The van der Waals surface area contributed by atoms with Gasteiger partial charge in [-0.3, -0.25) is 9.89 Å². The molecule has 3 fully saturated rings. The monoisotopic (exact) mass is 329 g/mol. The van der Waals surface area contributed by atoms with Gasteiger partial charge in [-0.2, -0.15) is 10.4 Å². The summed E-state index contributed by atoms with van der Waals surface area (Å²) in [5.41, 5.74) is -0.761. The van der Waals surface area contributed by atoms with E-state index in [0.29, 0.717) is 37.8 Å². The molecule has 4 rings (SSSR count). The summed E-state index contributed by atoms with van der Waals surface area (Å²) in [6.07, 6.45) is 4.83. The molecule has 1 aromatic rings. The van der Waals surface area contributed by atoms with E-state index in [2.05, 4.69) is 21.3 Å². The molecule has 0 aromatic carbocycles. The van der Waals surface area contributed by atoms with Crippen LogP contribution in [0.1, 0.15) is 49.7 Å². The first-order chi connectivity index (χ1) is 11.7. The van der Waals surface area contributed by atoms with Crippen LogP contribution in [-0.2, 0) is 16.1 Å². The molecule has 0 radical (unpaired) electrons. The van der Waals surface area contributed by atoms with Crippen molar-refractivity contribution in [2.24, 2.45) is 17.3 Å². The molecular weight excluding hydrogens is 306 g/mol. The number of amides is 1. The third-order valence-electron chi connectivity index (χ3n) is 5.87. The number of aromatic nitrogens is 3. The Kier molecular flexibility index (Phi) is 3.80. The maximum Gasteiger partial charge on any atom is 0.243 e. The number of nitrogens with one attached hydrogen (secondary N) is 1. The number of carbonyl (C=O) groups is 1. The smallest absolute Gasteiger partial charge is 0.243 e. The summed E-state index contributed by atoms with van der Waals surface area (Å²) < 4.78 is 5.10. The van der Waals surface area contributed by atoms with E-state index in [4.69, 9.17) is 4.74 Å². The average Bonchev–Trinajstić information content (AvgIpc) is 3.11. The van der Waals surface area contributed by atoms with Crippen molar-refractivity contribution in [1.82, 2.24) is 20.1 Å². The van der Waals surface area contributed by atoms with Gasteiger partial charge in [0.05, 0.1) is 6.07 Å². The first kappa shape index (κ1) is 15.6. The molecule has 1 aromatic heterocycles. The second-order valence-corrected chi connectivity index (χ2v) is 7.44. The second kappa shape index (κ2) is 5.85. The summed E-state index contributed by atoms with van der Waals surface area (Å²) in [6, 6.07) is 2.28. The van der Waals surface area contributed by atoms with Crippen molar-refractivity contribution in [3.8, 4) is 6.07 Å². The Morgan fingerprint density at radius 1 is 1.46 bits per heavy atom. The third-order valence-corrected chi connectivity index (χ3v) is 5.87. The number of hydrogen-bond donors (Lipinski definition) is 1. The quantitative estimate of drug-likeness (QED) is 0.885. The SMILES string of the molecule is COCc1nc([C@H]2CN(C(=O)C3(C#N)CCC3)C[C@@H]2C2CC2)n[nH]1. The van der Waals surface area contributed by atoms with Gasteiger partial charge in [-0.05, 0) is 43.9 Å². The van der Waals surface area contributed by atoms with Crippen molar-refractivity contribution in [1.29, 1.82) is 5.26 Å². The molecule has 1 saturated heterocycles. The van der Waals surface area contributed by atoms with Crippen LogP contribution >= 0.6 is 0 Å². The number of nitriles is 1.